The van der Waals surface area contributed by atoms with Gasteiger partial charge in [-0.1, -0.05) is 6.07 Å². The van der Waals surface area contributed by atoms with E-state index in [1.807, 2.05) is 6.92 Å². The highest BCUT2D eigenvalue weighted by Gasteiger charge is 2.54. The first-order valence-corrected chi connectivity index (χ1v) is 7.75. The standard InChI is InChI=1S/C17H22FNO3/c1-10-3-4-12(18)7-11(10)8-15(20)19-16-13-5-6-22-17(13)14(16)9-21-2/h3-4,7,13-14,16-17H,5-6,8-9H2,1-2H3,(H,19,20)/t13-,14+,16+,17-/m1/s1. The monoisotopic (exact) mass is 307 g/mol. The van der Waals surface area contributed by atoms with Crippen LogP contribution in [0.5, 0.6) is 0 Å². The molecule has 1 aromatic rings. The summed E-state index contributed by atoms with van der Waals surface area (Å²) in [5.74, 6) is 0.233. The maximum Gasteiger partial charge on any atom is 0.224 e. The summed E-state index contributed by atoms with van der Waals surface area (Å²) in [6, 6.07) is 4.66. The second-order valence-electron chi connectivity index (χ2n) is 6.25. The number of nitrogens with one attached hydrogen (secondary N) is 1. The molecule has 1 heterocycles. The molecule has 1 N–H and O–H groups in total. The SMILES string of the molecule is COC[C@H]1[C@@H](NC(=O)Cc2cc(F)ccc2C)[C@H]2CCO[C@H]21. The van der Waals surface area contributed by atoms with Gasteiger partial charge in [-0.3, -0.25) is 4.79 Å². The summed E-state index contributed by atoms with van der Waals surface area (Å²) >= 11 is 0. The maximum atomic E-state index is 13.3. The summed E-state index contributed by atoms with van der Waals surface area (Å²) in [7, 11) is 1.66. The Balaban J connectivity index is 1.62. The van der Waals surface area contributed by atoms with E-state index in [0.717, 1.165) is 24.2 Å². The predicted octanol–water partition coefficient (Wildman–Crippen LogP) is 1.84. The van der Waals surface area contributed by atoms with Crippen LogP contribution in [0.15, 0.2) is 18.2 Å². The zero-order valence-electron chi connectivity index (χ0n) is 13.0. The van der Waals surface area contributed by atoms with Gasteiger partial charge in [0.1, 0.15) is 5.82 Å². The highest BCUT2D eigenvalue weighted by atomic mass is 19.1. The van der Waals surface area contributed by atoms with Crippen LogP contribution in [0.25, 0.3) is 0 Å². The van der Waals surface area contributed by atoms with Crippen LogP contribution in [0.4, 0.5) is 4.39 Å². The molecule has 3 rings (SSSR count). The normalized spacial score (nSPS) is 29.8. The fourth-order valence-electron chi connectivity index (χ4n) is 3.67. The molecule has 22 heavy (non-hydrogen) atoms. The summed E-state index contributed by atoms with van der Waals surface area (Å²) < 4.78 is 24.3. The molecular weight excluding hydrogens is 285 g/mol. The van der Waals surface area contributed by atoms with Gasteiger partial charge in [-0.2, -0.15) is 0 Å². The maximum absolute atomic E-state index is 13.3. The predicted molar refractivity (Wildman–Crippen MR) is 80.0 cm³/mol. The van der Waals surface area contributed by atoms with Gasteiger partial charge in [-0.15, -0.1) is 0 Å². The number of carbonyl (C=O) groups excluding carboxylic acids is 1. The fourth-order valence-corrected chi connectivity index (χ4v) is 3.67. The molecule has 1 aliphatic carbocycles. The number of hydrogen-bond donors (Lipinski definition) is 1. The Labute approximate surface area is 130 Å². The number of hydrogen-bond acceptors (Lipinski definition) is 3. The van der Waals surface area contributed by atoms with Crippen molar-refractivity contribution in [3.05, 3.63) is 35.1 Å². The van der Waals surface area contributed by atoms with Crippen molar-refractivity contribution < 1.29 is 18.7 Å². The summed E-state index contributed by atoms with van der Waals surface area (Å²) in [5, 5.41) is 3.10. The molecule has 1 saturated carbocycles. The molecule has 0 unspecified atom stereocenters. The van der Waals surface area contributed by atoms with Crippen LogP contribution in [-0.4, -0.2) is 38.4 Å². The average molecular weight is 307 g/mol. The molecule has 4 atom stereocenters. The molecule has 1 saturated heterocycles. The van der Waals surface area contributed by atoms with E-state index in [4.69, 9.17) is 9.47 Å². The van der Waals surface area contributed by atoms with Gasteiger partial charge in [0, 0.05) is 31.6 Å². The van der Waals surface area contributed by atoms with E-state index in [1.165, 1.54) is 12.1 Å². The topological polar surface area (TPSA) is 47.6 Å². The minimum Gasteiger partial charge on any atom is -0.384 e. The van der Waals surface area contributed by atoms with Crippen LogP contribution in [0.1, 0.15) is 17.5 Å². The molecule has 0 bridgehead atoms. The van der Waals surface area contributed by atoms with E-state index in [9.17, 15) is 9.18 Å². The van der Waals surface area contributed by atoms with Crippen molar-refractivity contribution in [1.82, 2.24) is 5.32 Å². The highest BCUT2D eigenvalue weighted by molar-refractivity contribution is 5.79. The molecule has 0 radical (unpaired) electrons. The van der Waals surface area contributed by atoms with Crippen molar-refractivity contribution in [3.63, 3.8) is 0 Å². The lowest BCUT2D eigenvalue weighted by molar-refractivity contribution is -0.129. The van der Waals surface area contributed by atoms with E-state index in [2.05, 4.69) is 5.32 Å². The Hall–Kier alpha value is -1.46. The largest absolute Gasteiger partial charge is 0.384 e. The molecule has 1 amide bonds. The number of benzene rings is 1. The quantitative estimate of drug-likeness (QED) is 0.903. The Kier molecular flexibility index (Phi) is 4.45. The van der Waals surface area contributed by atoms with Crippen molar-refractivity contribution >= 4 is 5.91 Å². The van der Waals surface area contributed by atoms with Gasteiger partial charge in [0.25, 0.3) is 0 Å². The molecule has 1 aliphatic heterocycles. The van der Waals surface area contributed by atoms with Crippen LogP contribution in [0.2, 0.25) is 0 Å². The lowest BCUT2D eigenvalue weighted by Gasteiger charge is -2.47. The minimum atomic E-state index is -0.307. The van der Waals surface area contributed by atoms with E-state index in [0.29, 0.717) is 12.5 Å². The molecule has 120 valence electrons. The van der Waals surface area contributed by atoms with Crippen molar-refractivity contribution in [2.75, 3.05) is 20.3 Å². The van der Waals surface area contributed by atoms with Crippen LogP contribution in [0.3, 0.4) is 0 Å². The minimum absolute atomic E-state index is 0.0647. The summed E-state index contributed by atoms with van der Waals surface area (Å²) in [5.41, 5.74) is 1.67. The number of methoxy groups -OCH3 is 1. The number of carbonyl (C=O) groups is 1. The molecule has 0 spiro atoms. The third kappa shape index (κ3) is 2.88. The molecule has 1 aromatic carbocycles. The van der Waals surface area contributed by atoms with Crippen LogP contribution in [-0.2, 0) is 20.7 Å². The first-order chi connectivity index (χ1) is 10.6. The first-order valence-electron chi connectivity index (χ1n) is 7.75. The van der Waals surface area contributed by atoms with Gasteiger partial charge >= 0.3 is 0 Å². The van der Waals surface area contributed by atoms with Gasteiger partial charge in [0.2, 0.25) is 5.91 Å². The molecule has 5 heteroatoms. The van der Waals surface area contributed by atoms with Crippen molar-refractivity contribution in [3.8, 4) is 0 Å². The molecule has 4 nitrogen and oxygen atoms in total. The highest BCUT2D eigenvalue weighted by Crippen LogP contribution is 2.43. The lowest BCUT2D eigenvalue weighted by atomic mass is 9.67. The van der Waals surface area contributed by atoms with E-state index >= 15 is 0 Å². The molecule has 0 aromatic heterocycles. The number of ether oxygens (including phenoxy) is 2. The Morgan fingerprint density at radius 2 is 2.32 bits per heavy atom. The lowest BCUT2D eigenvalue weighted by Crippen LogP contribution is -2.63. The average Bonchev–Trinajstić information content (AvgIpc) is 2.91. The zero-order chi connectivity index (χ0) is 15.7. The number of fused-ring (bicyclic) bond motifs is 1. The number of amides is 1. The van der Waals surface area contributed by atoms with Gasteiger partial charge < -0.3 is 14.8 Å². The van der Waals surface area contributed by atoms with Gasteiger partial charge in [-0.05, 0) is 36.6 Å². The van der Waals surface area contributed by atoms with Gasteiger partial charge in [0.15, 0.2) is 0 Å². The fraction of sp³-hybridized carbons (Fsp3) is 0.588. The third-order valence-corrected chi connectivity index (χ3v) is 4.88. The van der Waals surface area contributed by atoms with Gasteiger partial charge in [0.05, 0.1) is 19.1 Å². The Morgan fingerprint density at radius 1 is 1.50 bits per heavy atom. The summed E-state index contributed by atoms with van der Waals surface area (Å²) in [6.07, 6.45) is 1.40. The Bertz CT molecular complexity index is 563. The van der Waals surface area contributed by atoms with E-state index in [-0.39, 0.29) is 36.2 Å². The van der Waals surface area contributed by atoms with Crippen LogP contribution in [0, 0.1) is 24.6 Å². The summed E-state index contributed by atoms with van der Waals surface area (Å²) in [4.78, 5) is 12.3. The number of aryl methyl sites for hydroxylation is 1. The molecule has 2 fully saturated rings. The van der Waals surface area contributed by atoms with E-state index < -0.39 is 0 Å². The summed E-state index contributed by atoms with van der Waals surface area (Å²) in [6.45, 7) is 3.23. The van der Waals surface area contributed by atoms with Gasteiger partial charge in [-0.25, -0.2) is 4.39 Å². The number of rotatable bonds is 5. The smallest absolute Gasteiger partial charge is 0.224 e. The second kappa shape index (κ2) is 6.34. The van der Waals surface area contributed by atoms with Crippen LogP contribution >= 0.6 is 0 Å². The van der Waals surface area contributed by atoms with Crippen molar-refractivity contribution in [2.24, 2.45) is 11.8 Å². The van der Waals surface area contributed by atoms with E-state index in [1.54, 1.807) is 13.2 Å². The van der Waals surface area contributed by atoms with Crippen molar-refractivity contribution in [1.29, 1.82) is 0 Å². The zero-order valence-corrected chi connectivity index (χ0v) is 13.0. The molecular formula is C17H22FNO3. The second-order valence-corrected chi connectivity index (χ2v) is 6.25. The Morgan fingerprint density at radius 3 is 3.09 bits per heavy atom. The molecule has 2 aliphatic rings. The third-order valence-electron chi connectivity index (χ3n) is 4.88. The number of halogens is 1. The van der Waals surface area contributed by atoms with Crippen molar-refractivity contribution in [2.45, 2.75) is 31.9 Å². The first kappa shape index (κ1) is 15.4. The van der Waals surface area contributed by atoms with Crippen LogP contribution < -0.4 is 5.32 Å².